The van der Waals surface area contributed by atoms with E-state index in [0.717, 1.165) is 19.3 Å². The van der Waals surface area contributed by atoms with Crippen LogP contribution < -0.4 is 5.32 Å². The fraction of sp³-hybridized carbons (Fsp3) is 0.870. The standard InChI is InChI=1S/C23H45NO4/c1-5-6-7-8-9-10-11-12-13-14-15-16-17-18-21(26)20(19-25)24-22(27)28-23(2,3)4/h17-18,20-21,25-26H,5-16,19H2,1-4H3,(H,24,27)/b18-17+/t20-,21+/m1/s1/i19+1D2,20+1. The molecular formula is C23H45NO4. The van der Waals surface area contributed by atoms with Crippen molar-refractivity contribution in [3.05, 3.63) is 12.2 Å². The lowest BCUT2D eigenvalue weighted by Crippen LogP contribution is -2.47. The highest BCUT2D eigenvalue weighted by atomic mass is 16.6. The lowest BCUT2D eigenvalue weighted by atomic mass is 10.1. The molecule has 0 heterocycles. The van der Waals surface area contributed by atoms with E-state index in [1.165, 1.54) is 63.9 Å². The minimum Gasteiger partial charge on any atom is -0.444 e. The van der Waals surface area contributed by atoms with Gasteiger partial charge in [0.15, 0.2) is 0 Å². The van der Waals surface area contributed by atoms with Crippen LogP contribution in [0.3, 0.4) is 0 Å². The zero-order valence-electron chi connectivity index (χ0n) is 20.5. The fourth-order valence-electron chi connectivity index (χ4n) is 2.90. The van der Waals surface area contributed by atoms with Gasteiger partial charge in [-0.15, -0.1) is 0 Å². The number of nitrogens with one attached hydrogen (secondary N) is 1. The van der Waals surface area contributed by atoms with Gasteiger partial charge >= 0.3 is 6.09 Å². The summed E-state index contributed by atoms with van der Waals surface area (Å²) in [5, 5.41) is 22.1. The Balaban J connectivity index is 4.06. The predicted molar refractivity (Wildman–Crippen MR) is 116 cm³/mol. The lowest BCUT2D eigenvalue weighted by molar-refractivity contribution is 0.0405. The highest BCUT2D eigenvalue weighted by molar-refractivity contribution is 5.68. The van der Waals surface area contributed by atoms with Crippen molar-refractivity contribution in [1.82, 2.24) is 5.32 Å². The monoisotopic (exact) mass is 403 g/mol. The van der Waals surface area contributed by atoms with Crippen molar-refractivity contribution in [1.29, 1.82) is 0 Å². The molecule has 0 unspecified atom stereocenters. The van der Waals surface area contributed by atoms with Crippen molar-refractivity contribution in [2.24, 2.45) is 0 Å². The molecule has 0 radical (unpaired) electrons. The molecule has 0 aliphatic rings. The number of carbonyl (C=O) groups is 1. The zero-order valence-corrected chi connectivity index (χ0v) is 18.5. The van der Waals surface area contributed by atoms with Gasteiger partial charge in [0.1, 0.15) is 5.60 Å². The molecule has 2 atom stereocenters. The number of hydrogen-bond donors (Lipinski definition) is 3. The number of alkyl carbamates (subject to hydrolysis) is 1. The van der Waals surface area contributed by atoms with Gasteiger partial charge in [-0.3, -0.25) is 0 Å². The lowest BCUT2D eigenvalue weighted by Gasteiger charge is -2.24. The highest BCUT2D eigenvalue weighted by Gasteiger charge is 2.22. The van der Waals surface area contributed by atoms with E-state index in [9.17, 15) is 15.0 Å². The van der Waals surface area contributed by atoms with Crippen LogP contribution in [0.5, 0.6) is 0 Å². The molecule has 166 valence electrons. The summed E-state index contributed by atoms with van der Waals surface area (Å²) in [6, 6.07) is -1.51. The summed E-state index contributed by atoms with van der Waals surface area (Å²) in [6.07, 6.45) is 15.6. The Morgan fingerprint density at radius 1 is 1.04 bits per heavy atom. The molecule has 0 aliphatic heterocycles. The van der Waals surface area contributed by atoms with Crippen molar-refractivity contribution in [3.63, 3.8) is 0 Å². The number of unbranched alkanes of at least 4 members (excludes halogenated alkanes) is 11. The molecular weight excluding hydrogens is 356 g/mol. The number of allylic oxidation sites excluding steroid dienone is 1. The number of aliphatic hydroxyl groups is 2. The number of carbonyl (C=O) groups excluding carboxylic acids is 1. The van der Waals surface area contributed by atoms with Gasteiger partial charge in [0.25, 0.3) is 0 Å². The summed E-state index contributed by atoms with van der Waals surface area (Å²) >= 11 is 0. The van der Waals surface area contributed by atoms with E-state index < -0.39 is 30.4 Å². The van der Waals surface area contributed by atoms with E-state index >= 15 is 0 Å². The van der Waals surface area contributed by atoms with Gasteiger partial charge in [0.2, 0.25) is 0 Å². The third kappa shape index (κ3) is 17.1. The summed E-state index contributed by atoms with van der Waals surface area (Å²) < 4.78 is 20.0. The Hall–Kier alpha value is -1.07. The predicted octanol–water partition coefficient (Wildman–Crippen LogP) is 5.49. The first-order chi connectivity index (χ1) is 14.0. The molecule has 5 heteroatoms. The van der Waals surface area contributed by atoms with E-state index in [1.54, 1.807) is 26.8 Å². The minimum atomic E-state index is -2.78. The van der Waals surface area contributed by atoms with Crippen LogP contribution in [0, 0.1) is 0 Å². The van der Waals surface area contributed by atoms with Crippen LogP contribution in [-0.2, 0) is 4.74 Å². The summed E-state index contributed by atoms with van der Waals surface area (Å²) in [6.45, 7) is 4.49. The molecule has 0 aliphatic carbocycles. The molecule has 0 bridgehead atoms. The van der Waals surface area contributed by atoms with Gasteiger partial charge in [-0.2, -0.15) is 0 Å². The molecule has 0 rings (SSSR count). The maximum Gasteiger partial charge on any atom is 0.408 e. The van der Waals surface area contributed by atoms with Gasteiger partial charge in [0.05, 0.1) is 21.4 Å². The average molecular weight is 404 g/mol. The van der Waals surface area contributed by atoms with Crippen LogP contribution >= 0.6 is 0 Å². The molecule has 1 amide bonds. The Bertz CT molecular complexity index is 473. The highest BCUT2D eigenvalue weighted by Crippen LogP contribution is 2.12. The van der Waals surface area contributed by atoms with Gasteiger partial charge in [0, 0.05) is 0 Å². The molecule has 0 aromatic heterocycles. The van der Waals surface area contributed by atoms with Crippen molar-refractivity contribution in [2.75, 3.05) is 6.56 Å². The van der Waals surface area contributed by atoms with Crippen LogP contribution in [0.4, 0.5) is 4.79 Å². The Kier molecular flexibility index (Phi) is 14.0. The van der Waals surface area contributed by atoms with Crippen LogP contribution in [-0.4, -0.2) is 40.6 Å². The molecule has 0 saturated carbocycles. The van der Waals surface area contributed by atoms with Crippen LogP contribution in [0.25, 0.3) is 0 Å². The smallest absolute Gasteiger partial charge is 0.408 e. The largest absolute Gasteiger partial charge is 0.444 e. The summed E-state index contributed by atoms with van der Waals surface area (Å²) in [4.78, 5) is 11.9. The summed E-state index contributed by atoms with van der Waals surface area (Å²) in [5.74, 6) is 0. The molecule has 28 heavy (non-hydrogen) atoms. The van der Waals surface area contributed by atoms with Crippen LogP contribution in [0.15, 0.2) is 12.2 Å². The third-order valence-electron chi connectivity index (χ3n) is 4.46. The minimum absolute atomic E-state index is 0.757. The quantitative estimate of drug-likeness (QED) is 0.181. The Morgan fingerprint density at radius 3 is 2.00 bits per heavy atom. The number of hydrogen-bond acceptors (Lipinski definition) is 4. The fourth-order valence-corrected chi connectivity index (χ4v) is 2.90. The normalized spacial score (nSPS) is 15.8. The topological polar surface area (TPSA) is 78.8 Å². The van der Waals surface area contributed by atoms with E-state index in [4.69, 9.17) is 7.48 Å². The van der Waals surface area contributed by atoms with Gasteiger partial charge in [-0.25, -0.2) is 4.79 Å². The third-order valence-corrected chi connectivity index (χ3v) is 4.46. The summed E-state index contributed by atoms with van der Waals surface area (Å²) in [5.41, 5.74) is -0.757. The second-order valence-electron chi connectivity index (χ2n) is 8.50. The first-order valence-corrected chi connectivity index (χ1v) is 11.0. The second kappa shape index (κ2) is 16.8. The molecule has 3 N–H and O–H groups in total. The van der Waals surface area contributed by atoms with E-state index in [0.29, 0.717) is 0 Å². The Morgan fingerprint density at radius 2 is 1.54 bits per heavy atom. The van der Waals surface area contributed by atoms with Crippen LogP contribution in [0.2, 0.25) is 0 Å². The van der Waals surface area contributed by atoms with Gasteiger partial charge in [-0.1, -0.05) is 83.3 Å². The van der Waals surface area contributed by atoms with E-state index in [-0.39, 0.29) is 0 Å². The molecule has 0 spiro atoms. The van der Waals surface area contributed by atoms with Gasteiger partial charge in [-0.05, 0) is 33.6 Å². The maximum atomic E-state index is 11.9. The van der Waals surface area contributed by atoms with E-state index in [2.05, 4.69) is 12.2 Å². The maximum absolute atomic E-state index is 11.9. The number of aliphatic hydroxyl groups excluding tert-OH is 1. The zero-order chi connectivity index (χ0) is 23.0. The van der Waals surface area contributed by atoms with Crippen molar-refractivity contribution < 1.29 is 22.5 Å². The Labute approximate surface area is 175 Å². The first kappa shape index (κ1) is 23.2. The number of ether oxygens (including phenoxy) is 1. The van der Waals surface area contributed by atoms with Crippen molar-refractivity contribution in [3.8, 4) is 0 Å². The van der Waals surface area contributed by atoms with Gasteiger partial charge < -0.3 is 20.3 Å². The SMILES string of the molecule is [2H][13C]([2H])(O)[13C@@H](NC(=O)OC(C)(C)C)[C@@H](O)/C=C/CCCCCCCCCCCCC. The average Bonchev–Trinajstić information content (AvgIpc) is 2.61. The van der Waals surface area contributed by atoms with Crippen molar-refractivity contribution >= 4 is 6.09 Å². The molecule has 0 aromatic carbocycles. The molecule has 0 saturated heterocycles. The first-order valence-electron chi connectivity index (χ1n) is 12.0. The molecule has 5 nitrogen and oxygen atoms in total. The number of amides is 1. The number of rotatable bonds is 16. The molecule has 0 fully saturated rings. The summed E-state index contributed by atoms with van der Waals surface area (Å²) in [7, 11) is 0. The molecule has 0 aromatic rings. The second-order valence-corrected chi connectivity index (χ2v) is 8.50. The van der Waals surface area contributed by atoms with E-state index in [1.807, 2.05) is 0 Å². The van der Waals surface area contributed by atoms with Crippen molar-refractivity contribution in [2.45, 2.75) is 122 Å². The van der Waals surface area contributed by atoms with Crippen LogP contribution in [0.1, 0.15) is 107 Å².